The van der Waals surface area contributed by atoms with Crippen molar-refractivity contribution < 1.29 is 9.53 Å². The molecule has 1 fully saturated rings. The molecule has 2 heterocycles. The summed E-state index contributed by atoms with van der Waals surface area (Å²) in [4.78, 5) is 21.7. The summed E-state index contributed by atoms with van der Waals surface area (Å²) >= 11 is 1.60. The van der Waals surface area contributed by atoms with E-state index >= 15 is 0 Å². The number of nitrogens with zero attached hydrogens (tertiary/aromatic N) is 3. The molecular formula is C22H32N4O2S. The van der Waals surface area contributed by atoms with Crippen LogP contribution in [-0.2, 0) is 22.5 Å². The number of ether oxygens (including phenoxy) is 1. The largest absolute Gasteiger partial charge is 0.382 e. The Balaban J connectivity index is 1.51. The minimum absolute atomic E-state index is 0.0159. The van der Waals surface area contributed by atoms with Crippen LogP contribution < -0.4 is 5.32 Å². The van der Waals surface area contributed by atoms with E-state index in [1.807, 2.05) is 12.3 Å². The number of aromatic nitrogens is 1. The van der Waals surface area contributed by atoms with Gasteiger partial charge < -0.3 is 15.0 Å². The molecule has 1 N–H and O–H groups in total. The summed E-state index contributed by atoms with van der Waals surface area (Å²) in [7, 11) is 2.18. The predicted molar refractivity (Wildman–Crippen MR) is 118 cm³/mol. The Labute approximate surface area is 177 Å². The second-order valence-corrected chi connectivity index (χ2v) is 8.36. The van der Waals surface area contributed by atoms with Gasteiger partial charge in [0, 0.05) is 63.4 Å². The number of benzene rings is 1. The van der Waals surface area contributed by atoms with Gasteiger partial charge in [-0.05, 0) is 32.0 Å². The summed E-state index contributed by atoms with van der Waals surface area (Å²) in [5.74, 6) is 0.0159. The monoisotopic (exact) mass is 416 g/mol. The molecule has 29 heavy (non-hydrogen) atoms. The minimum atomic E-state index is 0.0159. The molecule has 1 saturated heterocycles. The van der Waals surface area contributed by atoms with Crippen molar-refractivity contribution in [3.63, 3.8) is 0 Å². The van der Waals surface area contributed by atoms with Gasteiger partial charge in [0.25, 0.3) is 0 Å². The van der Waals surface area contributed by atoms with E-state index in [2.05, 4.69) is 51.4 Å². The van der Waals surface area contributed by atoms with Crippen LogP contribution in [0.15, 0.2) is 29.6 Å². The standard InChI is InChI=1S/C22H32N4O2S/c1-3-28-13-5-8-23-21(27)15-20-17-29-22(24-20)19-7-4-6-18(14-19)16-26-11-9-25(2)10-12-26/h4,6-7,14,17H,3,5,8-13,15-16H2,1-2H3,(H,23,27). The molecule has 0 saturated carbocycles. The van der Waals surface area contributed by atoms with Crippen molar-refractivity contribution in [2.45, 2.75) is 26.3 Å². The van der Waals surface area contributed by atoms with Gasteiger partial charge in [-0.15, -0.1) is 11.3 Å². The van der Waals surface area contributed by atoms with Gasteiger partial charge in [0.1, 0.15) is 5.01 Å². The van der Waals surface area contributed by atoms with Gasteiger partial charge in [-0.1, -0.05) is 18.2 Å². The van der Waals surface area contributed by atoms with Crippen LogP contribution in [0.2, 0.25) is 0 Å². The lowest BCUT2D eigenvalue weighted by atomic mass is 10.1. The molecule has 0 unspecified atom stereocenters. The maximum Gasteiger partial charge on any atom is 0.226 e. The number of rotatable bonds is 10. The summed E-state index contributed by atoms with van der Waals surface area (Å²) < 4.78 is 5.28. The maximum absolute atomic E-state index is 12.1. The molecule has 2 aromatic rings. The Morgan fingerprint density at radius 1 is 1.28 bits per heavy atom. The molecule has 0 atom stereocenters. The molecule has 1 aromatic carbocycles. The highest BCUT2D eigenvalue weighted by atomic mass is 32.1. The van der Waals surface area contributed by atoms with E-state index in [1.165, 1.54) is 5.56 Å². The number of amides is 1. The molecule has 158 valence electrons. The first-order chi connectivity index (χ1) is 14.1. The summed E-state index contributed by atoms with van der Waals surface area (Å²) in [6.45, 7) is 9.47. The molecule has 1 amide bonds. The van der Waals surface area contributed by atoms with Gasteiger partial charge in [-0.3, -0.25) is 9.69 Å². The smallest absolute Gasteiger partial charge is 0.226 e. The van der Waals surface area contributed by atoms with E-state index < -0.39 is 0 Å². The highest BCUT2D eigenvalue weighted by molar-refractivity contribution is 7.13. The first-order valence-corrected chi connectivity index (χ1v) is 11.3. The quantitative estimate of drug-likeness (QED) is 0.604. The second-order valence-electron chi connectivity index (χ2n) is 7.50. The molecule has 1 aromatic heterocycles. The zero-order valence-electron chi connectivity index (χ0n) is 17.5. The molecular weight excluding hydrogens is 384 g/mol. The third-order valence-electron chi connectivity index (χ3n) is 5.06. The number of nitrogens with one attached hydrogen (secondary N) is 1. The molecule has 1 aliphatic heterocycles. The Morgan fingerprint density at radius 3 is 2.90 bits per heavy atom. The van der Waals surface area contributed by atoms with Crippen LogP contribution in [0.3, 0.4) is 0 Å². The number of carbonyl (C=O) groups excluding carboxylic acids is 1. The van der Waals surface area contributed by atoms with Crippen LogP contribution in [0.1, 0.15) is 24.6 Å². The fourth-order valence-corrected chi connectivity index (χ4v) is 4.18. The Morgan fingerprint density at radius 2 is 2.10 bits per heavy atom. The summed E-state index contributed by atoms with van der Waals surface area (Å²) in [5, 5.41) is 5.90. The molecule has 0 bridgehead atoms. The lowest BCUT2D eigenvalue weighted by Gasteiger charge is -2.32. The molecule has 6 nitrogen and oxygen atoms in total. The zero-order chi connectivity index (χ0) is 20.5. The Hall–Kier alpha value is -1.80. The van der Waals surface area contributed by atoms with Gasteiger partial charge in [-0.25, -0.2) is 4.98 Å². The summed E-state index contributed by atoms with van der Waals surface area (Å²) in [6.07, 6.45) is 1.16. The van der Waals surface area contributed by atoms with Crippen molar-refractivity contribution in [1.29, 1.82) is 0 Å². The van der Waals surface area contributed by atoms with E-state index in [0.29, 0.717) is 26.2 Å². The van der Waals surface area contributed by atoms with Gasteiger partial charge in [0.15, 0.2) is 0 Å². The molecule has 3 rings (SSSR count). The number of carbonyl (C=O) groups is 1. The maximum atomic E-state index is 12.1. The average molecular weight is 417 g/mol. The van der Waals surface area contributed by atoms with Gasteiger partial charge in [-0.2, -0.15) is 0 Å². The topological polar surface area (TPSA) is 57.7 Å². The number of thiazole rings is 1. The van der Waals surface area contributed by atoms with Crippen LogP contribution in [0.4, 0.5) is 0 Å². The third-order valence-corrected chi connectivity index (χ3v) is 6.00. The minimum Gasteiger partial charge on any atom is -0.382 e. The fraction of sp³-hybridized carbons (Fsp3) is 0.545. The lowest BCUT2D eigenvalue weighted by Crippen LogP contribution is -2.43. The SMILES string of the molecule is CCOCCCNC(=O)Cc1csc(-c2cccc(CN3CCN(C)CC3)c2)n1. The number of piperazine rings is 1. The average Bonchev–Trinajstić information content (AvgIpc) is 3.18. The first-order valence-electron chi connectivity index (χ1n) is 10.4. The van der Waals surface area contributed by atoms with Crippen LogP contribution in [0, 0.1) is 0 Å². The van der Waals surface area contributed by atoms with Crippen LogP contribution in [0.5, 0.6) is 0 Å². The van der Waals surface area contributed by atoms with Crippen LogP contribution in [0.25, 0.3) is 10.6 Å². The Bertz CT molecular complexity index is 772. The van der Waals surface area contributed by atoms with Crippen molar-refractivity contribution >= 4 is 17.2 Å². The van der Waals surface area contributed by atoms with Gasteiger partial charge in [0.05, 0.1) is 12.1 Å². The van der Waals surface area contributed by atoms with E-state index in [1.54, 1.807) is 11.3 Å². The van der Waals surface area contributed by atoms with E-state index in [9.17, 15) is 4.79 Å². The summed E-state index contributed by atoms with van der Waals surface area (Å²) in [6, 6.07) is 8.62. The number of likely N-dealkylation sites (N-methyl/N-ethyl adjacent to an activating group) is 1. The molecule has 7 heteroatoms. The fourth-order valence-electron chi connectivity index (χ4n) is 3.36. The highest BCUT2D eigenvalue weighted by Crippen LogP contribution is 2.25. The van der Waals surface area contributed by atoms with Crippen molar-refractivity contribution in [3.05, 3.63) is 40.9 Å². The van der Waals surface area contributed by atoms with E-state index in [0.717, 1.165) is 55.4 Å². The van der Waals surface area contributed by atoms with Crippen molar-refractivity contribution in [1.82, 2.24) is 20.1 Å². The summed E-state index contributed by atoms with van der Waals surface area (Å²) in [5.41, 5.74) is 3.28. The van der Waals surface area contributed by atoms with Crippen molar-refractivity contribution in [3.8, 4) is 10.6 Å². The second kappa shape index (κ2) is 11.4. The van der Waals surface area contributed by atoms with Crippen LogP contribution >= 0.6 is 11.3 Å². The Kier molecular flexibility index (Phi) is 8.61. The lowest BCUT2D eigenvalue weighted by molar-refractivity contribution is -0.120. The number of hydrogen-bond donors (Lipinski definition) is 1. The third kappa shape index (κ3) is 7.19. The normalized spacial score (nSPS) is 15.5. The van der Waals surface area contributed by atoms with Gasteiger partial charge >= 0.3 is 0 Å². The van der Waals surface area contributed by atoms with E-state index in [4.69, 9.17) is 4.74 Å². The zero-order valence-corrected chi connectivity index (χ0v) is 18.3. The first kappa shape index (κ1) is 21.9. The van der Waals surface area contributed by atoms with Crippen molar-refractivity contribution in [2.75, 3.05) is 53.0 Å². The van der Waals surface area contributed by atoms with Gasteiger partial charge in [0.2, 0.25) is 5.91 Å². The highest BCUT2D eigenvalue weighted by Gasteiger charge is 2.14. The predicted octanol–water partition coefficient (Wildman–Crippen LogP) is 2.64. The number of hydrogen-bond acceptors (Lipinski definition) is 6. The molecule has 1 aliphatic rings. The molecule has 0 spiro atoms. The molecule has 0 aliphatic carbocycles. The van der Waals surface area contributed by atoms with Crippen LogP contribution in [-0.4, -0.2) is 73.7 Å². The van der Waals surface area contributed by atoms with E-state index in [-0.39, 0.29) is 5.91 Å². The van der Waals surface area contributed by atoms with Crippen molar-refractivity contribution in [2.24, 2.45) is 0 Å². The molecule has 0 radical (unpaired) electrons.